The van der Waals surface area contributed by atoms with Gasteiger partial charge in [-0.25, -0.2) is 0 Å². The van der Waals surface area contributed by atoms with Crippen molar-refractivity contribution in [2.75, 3.05) is 0 Å². The Kier molecular flexibility index (Phi) is 7.04. The molecule has 1 nitrogen and oxygen atoms in total. The van der Waals surface area contributed by atoms with Gasteiger partial charge in [-0.05, 0) is 24.1 Å². The van der Waals surface area contributed by atoms with Gasteiger partial charge in [0.15, 0.2) is 0 Å². The fourth-order valence-electron chi connectivity index (χ4n) is 1.58. The summed E-state index contributed by atoms with van der Waals surface area (Å²) in [5.74, 6) is 0. The molecule has 0 aliphatic rings. The van der Waals surface area contributed by atoms with E-state index in [1.807, 2.05) is 6.92 Å². The molecule has 0 unspecified atom stereocenters. The largest absolute Gasteiger partial charge is 0.417 e. The maximum Gasteiger partial charge on any atom is 0.417 e. The summed E-state index contributed by atoms with van der Waals surface area (Å²) >= 11 is 5.53. The summed E-state index contributed by atoms with van der Waals surface area (Å²) in [6, 6.07) is 3.49. The van der Waals surface area contributed by atoms with Crippen molar-refractivity contribution < 1.29 is 13.2 Å². The number of hydrogen-bond acceptors (Lipinski definition) is 1. The summed E-state index contributed by atoms with van der Waals surface area (Å²) in [5.41, 5.74) is 5.50. The second kappa shape index (κ2) is 7.22. The van der Waals surface area contributed by atoms with Crippen LogP contribution in [0.2, 0.25) is 5.02 Å². The quantitative estimate of drug-likeness (QED) is 0.835. The van der Waals surface area contributed by atoms with Crippen LogP contribution < -0.4 is 5.73 Å². The second-order valence-electron chi connectivity index (χ2n) is 3.99. The fourth-order valence-corrected chi connectivity index (χ4v) is 1.81. The highest BCUT2D eigenvalue weighted by Gasteiger charge is 2.33. The highest BCUT2D eigenvalue weighted by Crippen LogP contribution is 2.36. The van der Waals surface area contributed by atoms with Crippen LogP contribution in [0.4, 0.5) is 13.2 Å². The molecule has 0 radical (unpaired) electrons. The number of benzene rings is 1. The van der Waals surface area contributed by atoms with Gasteiger partial charge in [-0.2, -0.15) is 13.2 Å². The van der Waals surface area contributed by atoms with Crippen LogP contribution in [0.15, 0.2) is 18.2 Å². The van der Waals surface area contributed by atoms with Crippen molar-refractivity contribution in [2.45, 2.75) is 38.4 Å². The third-order valence-electron chi connectivity index (χ3n) is 2.59. The fraction of sp³-hybridized carbons (Fsp3) is 0.500. The first-order chi connectivity index (χ1) is 7.86. The van der Waals surface area contributed by atoms with E-state index in [9.17, 15) is 13.2 Å². The van der Waals surface area contributed by atoms with Crippen molar-refractivity contribution in [1.29, 1.82) is 0 Å². The third-order valence-corrected chi connectivity index (χ3v) is 2.92. The molecule has 0 saturated heterocycles. The Morgan fingerprint density at radius 3 is 2.44 bits per heavy atom. The zero-order valence-electron chi connectivity index (χ0n) is 9.93. The number of hydrogen-bond donors (Lipinski definition) is 1. The van der Waals surface area contributed by atoms with Crippen LogP contribution >= 0.6 is 24.0 Å². The molecule has 18 heavy (non-hydrogen) atoms. The van der Waals surface area contributed by atoms with E-state index in [0.717, 1.165) is 18.9 Å². The summed E-state index contributed by atoms with van der Waals surface area (Å²) in [4.78, 5) is 0. The van der Waals surface area contributed by atoms with Crippen molar-refractivity contribution in [3.05, 3.63) is 34.3 Å². The van der Waals surface area contributed by atoms with Crippen molar-refractivity contribution >= 4 is 24.0 Å². The Bertz CT molecular complexity index is 380. The first-order valence-electron chi connectivity index (χ1n) is 5.48. The number of rotatable bonds is 4. The van der Waals surface area contributed by atoms with Crippen molar-refractivity contribution in [3.8, 4) is 0 Å². The lowest BCUT2D eigenvalue weighted by atomic mass is 10.00. The lowest BCUT2D eigenvalue weighted by Gasteiger charge is -2.15. The number of halogens is 5. The monoisotopic (exact) mass is 301 g/mol. The minimum atomic E-state index is -4.43. The summed E-state index contributed by atoms with van der Waals surface area (Å²) in [5, 5.41) is -0.288. The second-order valence-corrected chi connectivity index (χ2v) is 4.39. The van der Waals surface area contributed by atoms with Gasteiger partial charge in [-0.1, -0.05) is 37.4 Å². The van der Waals surface area contributed by atoms with Gasteiger partial charge in [-0.15, -0.1) is 12.4 Å². The molecule has 104 valence electrons. The molecular formula is C12H16Cl2F3N. The molecule has 0 bridgehead atoms. The molecule has 6 heteroatoms. The van der Waals surface area contributed by atoms with Gasteiger partial charge in [-0.3, -0.25) is 0 Å². The van der Waals surface area contributed by atoms with Gasteiger partial charge in [0.1, 0.15) is 0 Å². The Labute approximate surface area is 116 Å². The van der Waals surface area contributed by atoms with Crippen molar-refractivity contribution in [1.82, 2.24) is 0 Å². The molecule has 0 amide bonds. The predicted octanol–water partition coefficient (Wildman–Crippen LogP) is 4.97. The molecular weight excluding hydrogens is 286 g/mol. The van der Waals surface area contributed by atoms with Crippen molar-refractivity contribution in [3.63, 3.8) is 0 Å². The Hall–Kier alpha value is -0.450. The maximum atomic E-state index is 12.6. The molecule has 0 saturated carbocycles. The SMILES string of the molecule is CCCC[C@H](N)c1ccc(Cl)c(C(F)(F)F)c1.Cl. The van der Waals surface area contributed by atoms with Crippen LogP contribution in [0.25, 0.3) is 0 Å². The minimum absolute atomic E-state index is 0. The minimum Gasteiger partial charge on any atom is -0.324 e. The summed E-state index contributed by atoms with van der Waals surface area (Å²) in [6.07, 6.45) is -1.90. The molecule has 0 fully saturated rings. The number of unbranched alkanes of at least 4 members (excludes halogenated alkanes) is 1. The highest BCUT2D eigenvalue weighted by molar-refractivity contribution is 6.31. The summed E-state index contributed by atoms with van der Waals surface area (Å²) < 4.78 is 37.9. The molecule has 1 aromatic carbocycles. The first-order valence-corrected chi connectivity index (χ1v) is 5.86. The number of alkyl halides is 3. The zero-order valence-corrected chi connectivity index (χ0v) is 11.5. The lowest BCUT2D eigenvalue weighted by molar-refractivity contribution is -0.137. The van der Waals surface area contributed by atoms with E-state index >= 15 is 0 Å². The van der Waals surface area contributed by atoms with Gasteiger partial charge in [0, 0.05) is 6.04 Å². The molecule has 0 spiro atoms. The Morgan fingerprint density at radius 2 is 1.94 bits per heavy atom. The molecule has 0 aromatic heterocycles. The van der Waals surface area contributed by atoms with Crippen LogP contribution in [-0.4, -0.2) is 0 Å². The Balaban J connectivity index is 0.00000289. The van der Waals surface area contributed by atoms with Crippen LogP contribution in [0.5, 0.6) is 0 Å². The molecule has 1 aromatic rings. The maximum absolute atomic E-state index is 12.6. The van der Waals surface area contributed by atoms with Gasteiger partial charge in [0.25, 0.3) is 0 Å². The normalized spacial score (nSPS) is 13.0. The smallest absolute Gasteiger partial charge is 0.324 e. The lowest BCUT2D eigenvalue weighted by Crippen LogP contribution is -2.13. The van der Waals surface area contributed by atoms with E-state index in [-0.39, 0.29) is 23.5 Å². The average molecular weight is 302 g/mol. The topological polar surface area (TPSA) is 26.0 Å². The van der Waals surface area contributed by atoms with E-state index in [4.69, 9.17) is 17.3 Å². The summed E-state index contributed by atoms with van der Waals surface area (Å²) in [7, 11) is 0. The molecule has 1 rings (SSSR count). The van der Waals surface area contributed by atoms with E-state index in [2.05, 4.69) is 0 Å². The molecule has 0 aliphatic carbocycles. The van der Waals surface area contributed by atoms with Crippen LogP contribution in [0.3, 0.4) is 0 Å². The van der Waals surface area contributed by atoms with Gasteiger partial charge in [0.2, 0.25) is 0 Å². The molecule has 2 N–H and O–H groups in total. The molecule has 0 heterocycles. The van der Waals surface area contributed by atoms with Gasteiger partial charge >= 0.3 is 6.18 Å². The molecule has 0 aliphatic heterocycles. The Morgan fingerprint density at radius 1 is 1.33 bits per heavy atom. The number of nitrogens with two attached hydrogens (primary N) is 1. The van der Waals surface area contributed by atoms with Crippen LogP contribution in [0, 0.1) is 0 Å². The molecule has 1 atom stereocenters. The zero-order chi connectivity index (χ0) is 13.1. The standard InChI is InChI=1S/C12H15ClF3N.ClH/c1-2-3-4-11(17)8-5-6-10(13)9(7-8)12(14,15)16;/h5-7,11H,2-4,17H2,1H3;1H/t11-;/m0./s1. The van der Waals surface area contributed by atoms with Crippen LogP contribution in [-0.2, 0) is 6.18 Å². The first kappa shape index (κ1) is 17.6. The summed E-state index contributed by atoms with van der Waals surface area (Å²) in [6.45, 7) is 2.01. The predicted molar refractivity (Wildman–Crippen MR) is 70.2 cm³/mol. The van der Waals surface area contributed by atoms with Crippen molar-refractivity contribution in [2.24, 2.45) is 5.73 Å². The van der Waals surface area contributed by atoms with E-state index < -0.39 is 11.7 Å². The van der Waals surface area contributed by atoms with Gasteiger partial charge in [0.05, 0.1) is 10.6 Å². The van der Waals surface area contributed by atoms with Gasteiger partial charge < -0.3 is 5.73 Å². The van der Waals surface area contributed by atoms with E-state index in [1.54, 1.807) is 6.07 Å². The van der Waals surface area contributed by atoms with Crippen LogP contribution in [0.1, 0.15) is 43.4 Å². The average Bonchev–Trinajstić information content (AvgIpc) is 2.25. The highest BCUT2D eigenvalue weighted by atomic mass is 35.5. The van der Waals surface area contributed by atoms with E-state index in [1.165, 1.54) is 6.07 Å². The third kappa shape index (κ3) is 4.67. The van der Waals surface area contributed by atoms with E-state index in [0.29, 0.717) is 12.0 Å².